The lowest BCUT2D eigenvalue weighted by molar-refractivity contribution is -0.117. The average Bonchev–Trinajstić information content (AvgIpc) is 3.55. The van der Waals surface area contributed by atoms with Gasteiger partial charge in [-0.3, -0.25) is 9.69 Å². The predicted molar refractivity (Wildman–Crippen MR) is 149 cm³/mol. The maximum atomic E-state index is 13.4. The Labute approximate surface area is 220 Å². The molecule has 1 N–H and O–H groups in total. The second-order valence-electron chi connectivity index (χ2n) is 10.2. The molecule has 0 saturated carbocycles. The van der Waals surface area contributed by atoms with E-state index in [0.29, 0.717) is 12.5 Å². The number of carbonyl (C=O) groups is 1. The fraction of sp³-hybridized carbons (Fsp3) is 0.387. The molecule has 0 aliphatic carbocycles. The van der Waals surface area contributed by atoms with Gasteiger partial charge in [-0.1, -0.05) is 50.2 Å². The van der Waals surface area contributed by atoms with E-state index in [9.17, 15) is 4.79 Å². The zero-order chi connectivity index (χ0) is 25.9. The van der Waals surface area contributed by atoms with Crippen molar-refractivity contribution in [3.63, 3.8) is 0 Å². The number of hydrogen-bond acceptors (Lipinski definition) is 5. The van der Waals surface area contributed by atoms with Gasteiger partial charge < -0.3 is 19.7 Å². The van der Waals surface area contributed by atoms with E-state index in [-0.39, 0.29) is 18.7 Å². The van der Waals surface area contributed by atoms with Gasteiger partial charge in [0, 0.05) is 38.1 Å². The Hall–Kier alpha value is -3.51. The molecule has 37 heavy (non-hydrogen) atoms. The van der Waals surface area contributed by atoms with Crippen LogP contribution in [0.25, 0.3) is 0 Å². The molecular weight excluding hydrogens is 462 g/mol. The molecule has 2 heterocycles. The normalized spacial score (nSPS) is 18.7. The Balaban J connectivity index is 1.39. The molecule has 2 aliphatic heterocycles. The first-order valence-electron chi connectivity index (χ1n) is 13.3. The van der Waals surface area contributed by atoms with Gasteiger partial charge >= 0.3 is 0 Å². The highest BCUT2D eigenvalue weighted by atomic mass is 16.7. The lowest BCUT2D eigenvalue weighted by Crippen LogP contribution is -2.33. The number of fused-ring (bicyclic) bond motifs is 1. The summed E-state index contributed by atoms with van der Waals surface area (Å²) in [5, 5.41) is 3.27. The number of benzene rings is 3. The summed E-state index contributed by atoms with van der Waals surface area (Å²) in [6.45, 7) is 5.70. The molecule has 1 fully saturated rings. The smallest absolute Gasteiger partial charge is 0.238 e. The van der Waals surface area contributed by atoms with Gasteiger partial charge in [-0.15, -0.1) is 0 Å². The lowest BCUT2D eigenvalue weighted by atomic mass is 9.93. The number of anilines is 2. The third-order valence-electron chi connectivity index (χ3n) is 7.68. The maximum Gasteiger partial charge on any atom is 0.238 e. The Morgan fingerprint density at radius 3 is 2.30 bits per heavy atom. The van der Waals surface area contributed by atoms with Gasteiger partial charge in [-0.25, -0.2) is 0 Å². The average molecular weight is 500 g/mol. The number of amides is 1. The molecule has 2 aliphatic rings. The predicted octanol–water partition coefficient (Wildman–Crippen LogP) is 5.78. The molecule has 6 heteroatoms. The minimum atomic E-state index is 0.0387. The molecule has 0 radical (unpaired) electrons. The summed E-state index contributed by atoms with van der Waals surface area (Å²) in [5.74, 6) is 1.95. The molecule has 0 bridgehead atoms. The molecule has 1 unspecified atom stereocenters. The van der Waals surface area contributed by atoms with E-state index in [0.717, 1.165) is 43.0 Å². The van der Waals surface area contributed by atoms with E-state index in [2.05, 4.69) is 97.7 Å². The topological polar surface area (TPSA) is 54.0 Å². The summed E-state index contributed by atoms with van der Waals surface area (Å²) in [4.78, 5) is 17.9. The second-order valence-corrected chi connectivity index (χ2v) is 10.2. The van der Waals surface area contributed by atoms with Crippen LogP contribution in [0.15, 0.2) is 60.7 Å². The van der Waals surface area contributed by atoms with Crippen molar-refractivity contribution in [1.29, 1.82) is 0 Å². The van der Waals surface area contributed by atoms with Gasteiger partial charge in [-0.05, 0) is 71.7 Å². The number of rotatable bonds is 8. The first-order valence-corrected chi connectivity index (χ1v) is 13.3. The molecule has 3 aromatic rings. The van der Waals surface area contributed by atoms with Gasteiger partial charge in [0.25, 0.3) is 0 Å². The summed E-state index contributed by atoms with van der Waals surface area (Å²) in [5.41, 5.74) is 6.99. The van der Waals surface area contributed by atoms with Gasteiger partial charge in [0.2, 0.25) is 12.7 Å². The molecule has 1 saturated heterocycles. The zero-order valence-electron chi connectivity index (χ0n) is 22.3. The Morgan fingerprint density at radius 1 is 0.946 bits per heavy atom. The Kier molecular flexibility index (Phi) is 7.38. The Bertz CT molecular complexity index is 1230. The second kappa shape index (κ2) is 10.9. The van der Waals surface area contributed by atoms with Gasteiger partial charge in [0.05, 0.1) is 6.54 Å². The van der Waals surface area contributed by atoms with Crippen LogP contribution < -0.4 is 19.7 Å². The van der Waals surface area contributed by atoms with Crippen molar-refractivity contribution >= 4 is 17.3 Å². The minimum absolute atomic E-state index is 0.0387. The quantitative estimate of drug-likeness (QED) is 0.426. The van der Waals surface area contributed by atoms with Gasteiger partial charge in [0.15, 0.2) is 11.5 Å². The Morgan fingerprint density at radius 2 is 1.62 bits per heavy atom. The number of likely N-dealkylation sites (tertiary alicyclic amines) is 1. The molecular formula is C31H37N3O3. The molecule has 3 aromatic carbocycles. The number of nitrogens with one attached hydrogen (secondary N) is 1. The number of para-hydroxylation sites is 1. The highest BCUT2D eigenvalue weighted by Crippen LogP contribution is 2.43. The zero-order valence-corrected chi connectivity index (χ0v) is 22.3. The van der Waals surface area contributed by atoms with Crippen molar-refractivity contribution < 1.29 is 14.3 Å². The monoisotopic (exact) mass is 499 g/mol. The molecule has 0 spiro atoms. The van der Waals surface area contributed by atoms with Crippen molar-refractivity contribution in [2.24, 2.45) is 0 Å². The highest BCUT2D eigenvalue weighted by molar-refractivity contribution is 5.94. The van der Waals surface area contributed by atoms with E-state index in [4.69, 9.17) is 9.47 Å². The molecule has 194 valence electrons. The lowest BCUT2D eigenvalue weighted by Gasteiger charge is -2.25. The van der Waals surface area contributed by atoms with E-state index in [1.807, 2.05) is 6.07 Å². The SMILES string of the molecule is CCc1cccc(CC)c1NC(=O)CN1C[C@H](c2ccc3c(c2)OCO3)CC1c1ccc(N(C)C)cc1. The van der Waals surface area contributed by atoms with E-state index >= 15 is 0 Å². The van der Waals surface area contributed by atoms with E-state index in [1.165, 1.54) is 27.9 Å². The van der Waals surface area contributed by atoms with Crippen LogP contribution >= 0.6 is 0 Å². The number of aryl methyl sites for hydroxylation is 2. The molecule has 5 rings (SSSR count). The van der Waals surface area contributed by atoms with E-state index in [1.54, 1.807) is 0 Å². The van der Waals surface area contributed by atoms with Crippen LogP contribution in [-0.2, 0) is 17.6 Å². The van der Waals surface area contributed by atoms with Crippen molar-refractivity contribution in [3.05, 3.63) is 82.9 Å². The molecule has 2 atom stereocenters. The molecule has 0 aromatic heterocycles. The first kappa shape index (κ1) is 25.2. The standard InChI is InChI=1S/C31H37N3O3/c1-5-21-8-7-9-22(6-2)31(21)32-30(35)19-34-18-25(24-12-15-28-29(17-24)37-20-36-28)16-27(34)23-10-13-26(14-11-23)33(3)4/h7-15,17,25,27H,5-6,16,18-20H2,1-4H3,(H,32,35)/t25-,27?/m1/s1. The summed E-state index contributed by atoms with van der Waals surface area (Å²) in [7, 11) is 4.10. The maximum absolute atomic E-state index is 13.4. The number of carbonyl (C=O) groups excluding carboxylic acids is 1. The number of ether oxygens (including phenoxy) is 2. The van der Waals surface area contributed by atoms with Crippen LogP contribution in [0.4, 0.5) is 11.4 Å². The fourth-order valence-electron chi connectivity index (χ4n) is 5.59. The largest absolute Gasteiger partial charge is 0.454 e. The summed E-state index contributed by atoms with van der Waals surface area (Å²) in [6, 6.07) is 21.4. The van der Waals surface area contributed by atoms with Crippen LogP contribution in [0, 0.1) is 0 Å². The molecule has 1 amide bonds. The summed E-state index contributed by atoms with van der Waals surface area (Å²) in [6.07, 6.45) is 2.72. The van der Waals surface area contributed by atoms with Crippen molar-refractivity contribution in [1.82, 2.24) is 4.90 Å². The third-order valence-corrected chi connectivity index (χ3v) is 7.68. The third kappa shape index (κ3) is 5.30. The van der Waals surface area contributed by atoms with Gasteiger partial charge in [-0.2, -0.15) is 0 Å². The van der Waals surface area contributed by atoms with Crippen LogP contribution in [0.2, 0.25) is 0 Å². The highest BCUT2D eigenvalue weighted by Gasteiger charge is 2.35. The van der Waals surface area contributed by atoms with Crippen molar-refractivity contribution in [2.45, 2.75) is 45.1 Å². The van der Waals surface area contributed by atoms with Crippen molar-refractivity contribution in [3.8, 4) is 11.5 Å². The number of nitrogens with zero attached hydrogens (tertiary/aromatic N) is 2. The minimum Gasteiger partial charge on any atom is -0.454 e. The van der Waals surface area contributed by atoms with Crippen LogP contribution in [0.5, 0.6) is 11.5 Å². The van der Waals surface area contributed by atoms with Gasteiger partial charge in [0.1, 0.15) is 0 Å². The van der Waals surface area contributed by atoms with Crippen LogP contribution in [-0.4, -0.2) is 44.8 Å². The number of hydrogen-bond donors (Lipinski definition) is 1. The first-order chi connectivity index (χ1) is 18.0. The van der Waals surface area contributed by atoms with E-state index < -0.39 is 0 Å². The van der Waals surface area contributed by atoms with Crippen LogP contribution in [0.1, 0.15) is 54.5 Å². The van der Waals surface area contributed by atoms with Crippen molar-refractivity contribution in [2.75, 3.05) is 44.2 Å². The fourth-order valence-corrected chi connectivity index (χ4v) is 5.59. The molecule has 6 nitrogen and oxygen atoms in total. The summed E-state index contributed by atoms with van der Waals surface area (Å²) < 4.78 is 11.2. The van der Waals surface area contributed by atoms with Crippen LogP contribution in [0.3, 0.4) is 0 Å². The summed E-state index contributed by atoms with van der Waals surface area (Å²) >= 11 is 0.